The molecule has 0 aliphatic carbocycles. The smallest absolute Gasteiger partial charge is 0.169 e. The van der Waals surface area contributed by atoms with Gasteiger partial charge in [0.2, 0.25) is 0 Å². The summed E-state index contributed by atoms with van der Waals surface area (Å²) < 4.78 is 5.44. The van der Waals surface area contributed by atoms with Gasteiger partial charge in [0.15, 0.2) is 6.29 Å². The predicted molar refractivity (Wildman–Crippen MR) is 60.7 cm³/mol. The number of hydrogen-bond acceptors (Lipinski definition) is 4. The molecule has 90 valence electrons. The highest BCUT2D eigenvalue weighted by Crippen LogP contribution is 2.16. The van der Waals surface area contributed by atoms with Gasteiger partial charge in [-0.2, -0.15) is 0 Å². The summed E-state index contributed by atoms with van der Waals surface area (Å²) >= 11 is 0. The molecule has 1 aliphatic heterocycles. The van der Waals surface area contributed by atoms with Crippen LogP contribution < -0.4 is 5.32 Å². The van der Waals surface area contributed by atoms with Gasteiger partial charge in [-0.3, -0.25) is 0 Å². The summed E-state index contributed by atoms with van der Waals surface area (Å²) in [6.07, 6.45) is 1.67. The third-order valence-electron chi connectivity index (χ3n) is 3.22. The van der Waals surface area contributed by atoms with Crippen LogP contribution in [0.2, 0.25) is 0 Å². The number of rotatable bonds is 5. The minimum Gasteiger partial charge on any atom is -0.367 e. The van der Waals surface area contributed by atoms with E-state index in [4.69, 9.17) is 4.74 Å². The van der Waals surface area contributed by atoms with Gasteiger partial charge in [0.1, 0.15) is 0 Å². The molecule has 1 fully saturated rings. The number of nitrogens with zero attached hydrogens (tertiary/aromatic N) is 1. The normalized spacial score (nSPS) is 24.0. The second-order valence-corrected chi connectivity index (χ2v) is 4.55. The lowest BCUT2D eigenvalue weighted by molar-refractivity contribution is -0.128. The molecule has 1 rings (SSSR count). The van der Waals surface area contributed by atoms with Gasteiger partial charge in [0.05, 0.1) is 12.6 Å². The molecular weight excluding hydrogens is 192 g/mol. The third kappa shape index (κ3) is 4.47. The summed E-state index contributed by atoms with van der Waals surface area (Å²) in [6.45, 7) is 4.89. The lowest BCUT2D eigenvalue weighted by Crippen LogP contribution is -2.39. The quantitative estimate of drug-likeness (QED) is 0.648. The topological polar surface area (TPSA) is 44.7 Å². The van der Waals surface area contributed by atoms with Gasteiger partial charge in [0.25, 0.3) is 0 Å². The van der Waals surface area contributed by atoms with E-state index in [-0.39, 0.29) is 6.04 Å². The van der Waals surface area contributed by atoms with Crippen LogP contribution in [0.15, 0.2) is 0 Å². The summed E-state index contributed by atoms with van der Waals surface area (Å²) in [5.74, 6) is 0.611. The minimum atomic E-state index is -0.686. The van der Waals surface area contributed by atoms with Gasteiger partial charge in [-0.25, -0.2) is 0 Å². The number of ether oxygens (including phenoxy) is 1. The lowest BCUT2D eigenvalue weighted by atomic mass is 9.98. The SMILES string of the molecule is CNC(C)C(O)OCC1CCN(C)CC1. The molecule has 0 radical (unpaired) electrons. The summed E-state index contributed by atoms with van der Waals surface area (Å²) in [5, 5.41) is 12.6. The van der Waals surface area contributed by atoms with E-state index < -0.39 is 6.29 Å². The Labute approximate surface area is 92.6 Å². The van der Waals surface area contributed by atoms with Crippen molar-refractivity contribution in [2.45, 2.75) is 32.1 Å². The van der Waals surface area contributed by atoms with Gasteiger partial charge < -0.3 is 20.1 Å². The first-order valence-electron chi connectivity index (χ1n) is 5.79. The Bertz CT molecular complexity index is 170. The maximum absolute atomic E-state index is 9.61. The van der Waals surface area contributed by atoms with Gasteiger partial charge in [-0.15, -0.1) is 0 Å². The molecule has 0 aromatic carbocycles. The van der Waals surface area contributed by atoms with Gasteiger partial charge in [-0.05, 0) is 52.9 Å². The van der Waals surface area contributed by atoms with Gasteiger partial charge >= 0.3 is 0 Å². The molecule has 1 saturated heterocycles. The van der Waals surface area contributed by atoms with Crippen LogP contribution in [-0.2, 0) is 4.74 Å². The summed E-state index contributed by atoms with van der Waals surface area (Å²) in [4.78, 5) is 2.34. The van der Waals surface area contributed by atoms with Crippen LogP contribution in [0.1, 0.15) is 19.8 Å². The zero-order chi connectivity index (χ0) is 11.3. The van der Waals surface area contributed by atoms with Crippen LogP contribution in [0.25, 0.3) is 0 Å². The first kappa shape index (κ1) is 12.9. The molecule has 0 bridgehead atoms. The van der Waals surface area contributed by atoms with E-state index in [0.717, 1.165) is 13.1 Å². The molecule has 0 amide bonds. The highest BCUT2D eigenvalue weighted by Gasteiger charge is 2.19. The van der Waals surface area contributed by atoms with Crippen molar-refractivity contribution < 1.29 is 9.84 Å². The number of likely N-dealkylation sites (tertiary alicyclic amines) is 1. The van der Waals surface area contributed by atoms with Crippen molar-refractivity contribution in [3.05, 3.63) is 0 Å². The first-order valence-corrected chi connectivity index (χ1v) is 5.79. The van der Waals surface area contributed by atoms with E-state index in [0.29, 0.717) is 12.5 Å². The standard InChI is InChI=1S/C11H24N2O2/c1-9(12-2)11(14)15-8-10-4-6-13(3)7-5-10/h9-12,14H,4-8H2,1-3H3. The molecule has 2 atom stereocenters. The maximum atomic E-state index is 9.61. The molecule has 1 aliphatic rings. The molecule has 15 heavy (non-hydrogen) atoms. The van der Waals surface area contributed by atoms with Crippen LogP contribution in [0.3, 0.4) is 0 Å². The molecule has 4 heteroatoms. The van der Waals surface area contributed by atoms with E-state index in [1.165, 1.54) is 12.8 Å². The zero-order valence-corrected chi connectivity index (χ0v) is 10.1. The molecule has 2 N–H and O–H groups in total. The van der Waals surface area contributed by atoms with Crippen LogP contribution in [-0.4, -0.2) is 56.1 Å². The number of piperidine rings is 1. The van der Waals surface area contributed by atoms with Crippen molar-refractivity contribution in [2.75, 3.05) is 33.8 Å². The van der Waals surface area contributed by atoms with E-state index in [9.17, 15) is 5.11 Å². The number of hydrogen-bond donors (Lipinski definition) is 2. The van der Waals surface area contributed by atoms with E-state index >= 15 is 0 Å². The second kappa shape index (κ2) is 6.43. The Morgan fingerprint density at radius 1 is 1.47 bits per heavy atom. The Morgan fingerprint density at radius 2 is 2.07 bits per heavy atom. The molecule has 4 nitrogen and oxygen atoms in total. The highest BCUT2D eigenvalue weighted by atomic mass is 16.6. The largest absolute Gasteiger partial charge is 0.367 e. The molecule has 2 unspecified atom stereocenters. The average Bonchev–Trinajstić information content (AvgIpc) is 2.26. The van der Waals surface area contributed by atoms with E-state index in [2.05, 4.69) is 17.3 Å². The van der Waals surface area contributed by atoms with Crippen molar-refractivity contribution in [1.82, 2.24) is 10.2 Å². The molecular formula is C11H24N2O2. The minimum absolute atomic E-state index is 0.00346. The van der Waals surface area contributed by atoms with E-state index in [1.807, 2.05) is 14.0 Å². The second-order valence-electron chi connectivity index (χ2n) is 4.55. The number of likely N-dealkylation sites (N-methyl/N-ethyl adjacent to an activating group) is 1. The Hall–Kier alpha value is -0.160. The van der Waals surface area contributed by atoms with Crippen LogP contribution in [0.5, 0.6) is 0 Å². The Kier molecular flexibility index (Phi) is 5.53. The molecule has 0 aromatic rings. The van der Waals surface area contributed by atoms with Crippen molar-refractivity contribution >= 4 is 0 Å². The monoisotopic (exact) mass is 216 g/mol. The molecule has 0 saturated carbocycles. The molecule has 1 heterocycles. The van der Waals surface area contributed by atoms with Crippen LogP contribution in [0, 0.1) is 5.92 Å². The van der Waals surface area contributed by atoms with E-state index in [1.54, 1.807) is 0 Å². The Balaban J connectivity index is 2.14. The van der Waals surface area contributed by atoms with Crippen molar-refractivity contribution in [3.8, 4) is 0 Å². The fourth-order valence-electron chi connectivity index (χ4n) is 1.75. The van der Waals surface area contributed by atoms with Crippen molar-refractivity contribution in [1.29, 1.82) is 0 Å². The third-order valence-corrected chi connectivity index (χ3v) is 3.22. The molecule has 0 aromatic heterocycles. The van der Waals surface area contributed by atoms with Gasteiger partial charge in [-0.1, -0.05) is 0 Å². The fraction of sp³-hybridized carbons (Fsp3) is 1.00. The van der Waals surface area contributed by atoms with Crippen LogP contribution in [0.4, 0.5) is 0 Å². The van der Waals surface area contributed by atoms with Crippen molar-refractivity contribution in [2.24, 2.45) is 5.92 Å². The lowest BCUT2D eigenvalue weighted by Gasteiger charge is -2.30. The highest BCUT2D eigenvalue weighted by molar-refractivity contribution is 4.70. The Morgan fingerprint density at radius 3 is 2.60 bits per heavy atom. The number of aliphatic hydroxyl groups is 1. The number of aliphatic hydroxyl groups excluding tert-OH is 1. The predicted octanol–water partition coefficient (Wildman–Crippen LogP) is 0.271. The maximum Gasteiger partial charge on any atom is 0.169 e. The number of nitrogens with one attached hydrogen (secondary N) is 1. The summed E-state index contributed by atoms with van der Waals surface area (Å²) in [5.41, 5.74) is 0. The first-order chi connectivity index (χ1) is 7.13. The fourth-order valence-corrected chi connectivity index (χ4v) is 1.75. The zero-order valence-electron chi connectivity index (χ0n) is 10.1. The summed E-state index contributed by atoms with van der Waals surface area (Å²) in [6, 6.07) is -0.00346. The van der Waals surface area contributed by atoms with Crippen LogP contribution >= 0.6 is 0 Å². The summed E-state index contributed by atoms with van der Waals surface area (Å²) in [7, 11) is 3.97. The van der Waals surface area contributed by atoms with Gasteiger partial charge in [0, 0.05) is 0 Å². The van der Waals surface area contributed by atoms with Crippen molar-refractivity contribution in [3.63, 3.8) is 0 Å². The molecule has 0 spiro atoms. The average molecular weight is 216 g/mol.